The maximum atomic E-state index is 12.3. The molecule has 1 amide bonds. The smallest absolute Gasteiger partial charge is 0.361 e. The summed E-state index contributed by atoms with van der Waals surface area (Å²) in [7, 11) is -4.68. The first-order chi connectivity index (χ1) is 13.3. The summed E-state index contributed by atoms with van der Waals surface area (Å²) in [5.74, 6) is -0.361. The van der Waals surface area contributed by atoms with Crippen LogP contribution >= 0.6 is 0 Å². The van der Waals surface area contributed by atoms with Crippen LogP contribution in [0.15, 0.2) is 24.3 Å². The van der Waals surface area contributed by atoms with Gasteiger partial charge in [-0.1, -0.05) is 51.2 Å². The lowest BCUT2D eigenvalue weighted by Gasteiger charge is -2.08. The molecule has 1 aromatic carbocycles. The molecule has 0 heterocycles. The standard InChI is InChI=1S/C20H31NO6S/c1-2-3-4-5-8-15-20(23)21-16-11-6-7-13-18(22)17-12-9-10-14-19(17)27-28(24,25)26/h9-10,12,14H,2-8,11,13,15-16H2,1H3,(H,21,23)(H,24,25,26). The number of nitrogens with one attached hydrogen (secondary N) is 1. The number of unbranched alkanes of at least 4 members (excludes halogenated alkanes) is 6. The fourth-order valence-electron chi connectivity index (χ4n) is 2.81. The quantitative estimate of drug-likeness (QED) is 0.255. The van der Waals surface area contributed by atoms with Crippen LogP contribution < -0.4 is 9.50 Å². The molecular weight excluding hydrogens is 382 g/mol. The van der Waals surface area contributed by atoms with E-state index in [0.717, 1.165) is 25.7 Å². The molecule has 2 N–H and O–H groups in total. The Morgan fingerprint density at radius 1 is 0.964 bits per heavy atom. The number of para-hydroxylation sites is 1. The van der Waals surface area contributed by atoms with Gasteiger partial charge in [0, 0.05) is 19.4 Å². The van der Waals surface area contributed by atoms with Gasteiger partial charge in [0.2, 0.25) is 5.91 Å². The molecule has 0 saturated carbocycles. The summed E-state index contributed by atoms with van der Waals surface area (Å²) < 4.78 is 35.0. The zero-order valence-electron chi connectivity index (χ0n) is 16.5. The second kappa shape index (κ2) is 13.3. The van der Waals surface area contributed by atoms with E-state index in [0.29, 0.717) is 19.4 Å². The maximum absolute atomic E-state index is 12.3. The molecule has 0 unspecified atom stereocenters. The summed E-state index contributed by atoms with van der Waals surface area (Å²) in [5, 5.41) is 2.89. The highest BCUT2D eigenvalue weighted by molar-refractivity contribution is 7.81. The van der Waals surface area contributed by atoms with Gasteiger partial charge >= 0.3 is 10.4 Å². The molecule has 0 aromatic heterocycles. The molecule has 0 aliphatic rings. The number of benzene rings is 1. The Hall–Kier alpha value is -1.93. The van der Waals surface area contributed by atoms with Gasteiger partial charge in [0.15, 0.2) is 11.5 Å². The van der Waals surface area contributed by atoms with Crippen molar-refractivity contribution in [3.8, 4) is 5.75 Å². The van der Waals surface area contributed by atoms with Crippen molar-refractivity contribution in [2.24, 2.45) is 0 Å². The summed E-state index contributed by atoms with van der Waals surface area (Å²) in [6.07, 6.45) is 8.55. The molecular formula is C20H31NO6S. The minimum Gasteiger partial charge on any atom is -0.361 e. The summed E-state index contributed by atoms with van der Waals surface area (Å²) in [5.41, 5.74) is 0.122. The number of ketones is 1. The lowest BCUT2D eigenvalue weighted by molar-refractivity contribution is -0.121. The Bertz CT molecular complexity index is 717. The van der Waals surface area contributed by atoms with Gasteiger partial charge in [0.1, 0.15) is 0 Å². The van der Waals surface area contributed by atoms with Gasteiger partial charge in [-0.05, 0) is 31.4 Å². The van der Waals surface area contributed by atoms with Crippen LogP contribution in [0.5, 0.6) is 5.75 Å². The number of rotatable bonds is 15. The van der Waals surface area contributed by atoms with Gasteiger partial charge < -0.3 is 9.50 Å². The molecule has 28 heavy (non-hydrogen) atoms. The molecule has 0 spiro atoms. The second-order valence-corrected chi connectivity index (χ2v) is 7.78. The number of Topliss-reactive ketones (excluding diaryl/α,β-unsaturated/α-hetero) is 1. The predicted octanol–water partition coefficient (Wildman–Crippen LogP) is 4.09. The highest BCUT2D eigenvalue weighted by Crippen LogP contribution is 2.22. The SMILES string of the molecule is CCCCCCCC(=O)NCCCCCC(=O)c1ccccc1OS(=O)(=O)O. The summed E-state index contributed by atoms with van der Waals surface area (Å²) in [6.45, 7) is 2.75. The first-order valence-electron chi connectivity index (χ1n) is 9.89. The predicted molar refractivity (Wildman–Crippen MR) is 108 cm³/mol. The van der Waals surface area contributed by atoms with E-state index in [9.17, 15) is 18.0 Å². The van der Waals surface area contributed by atoms with Crippen molar-refractivity contribution in [3.63, 3.8) is 0 Å². The van der Waals surface area contributed by atoms with E-state index in [4.69, 9.17) is 4.55 Å². The third-order valence-corrected chi connectivity index (χ3v) is 4.68. The van der Waals surface area contributed by atoms with Crippen molar-refractivity contribution in [1.82, 2.24) is 5.32 Å². The van der Waals surface area contributed by atoms with Crippen molar-refractivity contribution in [2.45, 2.75) is 71.1 Å². The molecule has 7 nitrogen and oxygen atoms in total. The van der Waals surface area contributed by atoms with Crippen molar-refractivity contribution in [1.29, 1.82) is 0 Å². The summed E-state index contributed by atoms with van der Waals surface area (Å²) >= 11 is 0. The minimum absolute atomic E-state index is 0.0730. The minimum atomic E-state index is -4.68. The molecule has 1 aromatic rings. The number of amides is 1. The fraction of sp³-hybridized carbons (Fsp3) is 0.600. The van der Waals surface area contributed by atoms with E-state index in [1.807, 2.05) is 0 Å². The van der Waals surface area contributed by atoms with Crippen molar-refractivity contribution < 1.29 is 26.7 Å². The lowest BCUT2D eigenvalue weighted by Crippen LogP contribution is -2.24. The van der Waals surface area contributed by atoms with Crippen LogP contribution in [0.1, 0.15) is 81.5 Å². The van der Waals surface area contributed by atoms with Crippen molar-refractivity contribution in [3.05, 3.63) is 29.8 Å². The van der Waals surface area contributed by atoms with Crippen molar-refractivity contribution >= 4 is 22.1 Å². The van der Waals surface area contributed by atoms with E-state index >= 15 is 0 Å². The monoisotopic (exact) mass is 413 g/mol. The van der Waals surface area contributed by atoms with Gasteiger partial charge in [0.05, 0.1) is 5.56 Å². The topological polar surface area (TPSA) is 110 Å². The van der Waals surface area contributed by atoms with Crippen LogP contribution in [0.3, 0.4) is 0 Å². The molecule has 0 bridgehead atoms. The highest BCUT2D eigenvalue weighted by Gasteiger charge is 2.16. The van der Waals surface area contributed by atoms with Crippen LogP contribution in [-0.4, -0.2) is 31.2 Å². The molecule has 0 fully saturated rings. The Morgan fingerprint density at radius 3 is 2.32 bits per heavy atom. The molecule has 0 aliphatic carbocycles. The Kier molecular flexibility index (Phi) is 11.4. The Labute approximate surface area is 167 Å². The molecule has 0 aliphatic heterocycles. The zero-order chi connectivity index (χ0) is 20.8. The molecule has 158 valence electrons. The third kappa shape index (κ3) is 11.0. The Balaban J connectivity index is 2.22. The van der Waals surface area contributed by atoms with Gasteiger partial charge in [0.25, 0.3) is 0 Å². The van der Waals surface area contributed by atoms with Crippen LogP contribution in [0, 0.1) is 0 Å². The maximum Gasteiger partial charge on any atom is 0.446 e. The van der Waals surface area contributed by atoms with E-state index in [-0.39, 0.29) is 29.4 Å². The van der Waals surface area contributed by atoms with Gasteiger partial charge in [-0.2, -0.15) is 8.42 Å². The normalized spacial score (nSPS) is 11.2. The van der Waals surface area contributed by atoms with E-state index < -0.39 is 10.4 Å². The summed E-state index contributed by atoms with van der Waals surface area (Å²) in [6, 6.07) is 5.90. The number of hydrogen-bond acceptors (Lipinski definition) is 5. The van der Waals surface area contributed by atoms with Crippen LogP contribution in [-0.2, 0) is 15.2 Å². The van der Waals surface area contributed by atoms with Crippen LogP contribution in [0.25, 0.3) is 0 Å². The highest BCUT2D eigenvalue weighted by atomic mass is 32.3. The fourth-order valence-corrected chi connectivity index (χ4v) is 3.18. The first-order valence-corrected chi connectivity index (χ1v) is 11.3. The van der Waals surface area contributed by atoms with Gasteiger partial charge in [-0.15, -0.1) is 0 Å². The molecule has 8 heteroatoms. The number of carbonyl (C=O) groups is 2. The van der Waals surface area contributed by atoms with Crippen LogP contribution in [0.4, 0.5) is 0 Å². The average Bonchev–Trinajstić information content (AvgIpc) is 2.63. The second-order valence-electron chi connectivity index (χ2n) is 6.76. The first kappa shape index (κ1) is 24.1. The zero-order valence-corrected chi connectivity index (χ0v) is 17.3. The summed E-state index contributed by atoms with van der Waals surface area (Å²) in [4.78, 5) is 24.0. The van der Waals surface area contributed by atoms with Gasteiger partial charge in [-0.3, -0.25) is 14.1 Å². The van der Waals surface area contributed by atoms with E-state index in [2.05, 4.69) is 16.4 Å². The van der Waals surface area contributed by atoms with Crippen LogP contribution in [0.2, 0.25) is 0 Å². The molecule has 1 rings (SSSR count). The lowest BCUT2D eigenvalue weighted by atomic mass is 10.0. The third-order valence-electron chi connectivity index (χ3n) is 4.29. The Morgan fingerprint density at radius 2 is 1.61 bits per heavy atom. The van der Waals surface area contributed by atoms with Crippen molar-refractivity contribution in [2.75, 3.05) is 6.54 Å². The van der Waals surface area contributed by atoms with Gasteiger partial charge in [-0.25, -0.2) is 0 Å². The van der Waals surface area contributed by atoms with E-state index in [1.54, 1.807) is 6.07 Å². The molecule has 0 atom stereocenters. The largest absolute Gasteiger partial charge is 0.446 e. The number of hydrogen-bond donors (Lipinski definition) is 2. The number of carbonyl (C=O) groups excluding carboxylic acids is 2. The van der Waals surface area contributed by atoms with E-state index in [1.165, 1.54) is 37.5 Å². The average molecular weight is 414 g/mol. The molecule has 0 radical (unpaired) electrons. The molecule has 0 saturated heterocycles.